The minimum absolute atomic E-state index is 0.00948. The SMILES string of the molecule is CCOc1cc([C@H]2C(=C(O)c3ccc4c(c3)OCCO4)C(=O)C(=O)N2CCCn2ccnc2)ccc1OCCC(C)C. The molecule has 5 rings (SSSR count). The first kappa shape index (κ1) is 29.0. The van der Waals surface area contributed by atoms with Crippen LogP contribution in [0.2, 0.25) is 0 Å². The van der Waals surface area contributed by atoms with Gasteiger partial charge in [0.15, 0.2) is 23.0 Å². The van der Waals surface area contributed by atoms with Crippen molar-refractivity contribution < 1.29 is 33.6 Å². The first-order valence-electron chi connectivity index (χ1n) is 14.4. The highest BCUT2D eigenvalue weighted by Gasteiger charge is 2.46. The lowest BCUT2D eigenvalue weighted by molar-refractivity contribution is -0.139. The molecule has 10 heteroatoms. The number of nitrogens with zero attached hydrogens (tertiary/aromatic N) is 3. The topological polar surface area (TPSA) is 112 Å². The molecule has 0 unspecified atom stereocenters. The number of aliphatic hydroxyl groups excluding tert-OH is 1. The van der Waals surface area contributed by atoms with Gasteiger partial charge >= 0.3 is 0 Å². The maximum atomic E-state index is 13.5. The van der Waals surface area contributed by atoms with Crippen LogP contribution in [0.5, 0.6) is 23.0 Å². The summed E-state index contributed by atoms with van der Waals surface area (Å²) in [7, 11) is 0. The van der Waals surface area contributed by atoms with E-state index in [9.17, 15) is 14.7 Å². The van der Waals surface area contributed by atoms with Gasteiger partial charge < -0.3 is 33.5 Å². The van der Waals surface area contributed by atoms with Gasteiger partial charge in [0.1, 0.15) is 19.0 Å². The molecule has 1 atom stereocenters. The first-order valence-corrected chi connectivity index (χ1v) is 14.4. The van der Waals surface area contributed by atoms with E-state index in [4.69, 9.17) is 18.9 Å². The maximum absolute atomic E-state index is 13.5. The first-order chi connectivity index (χ1) is 20.4. The van der Waals surface area contributed by atoms with E-state index < -0.39 is 17.7 Å². The quantitative estimate of drug-likeness (QED) is 0.183. The van der Waals surface area contributed by atoms with Crippen LogP contribution in [0.3, 0.4) is 0 Å². The van der Waals surface area contributed by atoms with Crippen LogP contribution in [0.4, 0.5) is 0 Å². The Morgan fingerprint density at radius 1 is 1.05 bits per heavy atom. The van der Waals surface area contributed by atoms with Crippen molar-refractivity contribution in [3.8, 4) is 23.0 Å². The molecule has 3 aromatic rings. The van der Waals surface area contributed by atoms with Crippen molar-refractivity contribution in [2.24, 2.45) is 5.92 Å². The average Bonchev–Trinajstić information content (AvgIpc) is 3.59. The number of ketones is 1. The van der Waals surface area contributed by atoms with Crippen LogP contribution < -0.4 is 18.9 Å². The Labute approximate surface area is 245 Å². The molecule has 1 amide bonds. The third-order valence-corrected chi connectivity index (χ3v) is 7.27. The van der Waals surface area contributed by atoms with Crippen LogP contribution in [0.15, 0.2) is 60.7 Å². The summed E-state index contributed by atoms with van der Waals surface area (Å²) in [6.07, 6.45) is 6.72. The molecule has 0 bridgehead atoms. The lowest BCUT2D eigenvalue weighted by atomic mass is 9.94. The smallest absolute Gasteiger partial charge is 0.295 e. The Hall–Kier alpha value is -4.47. The highest BCUT2D eigenvalue weighted by molar-refractivity contribution is 6.46. The number of benzene rings is 2. The van der Waals surface area contributed by atoms with Crippen LogP contribution in [0.25, 0.3) is 5.76 Å². The fourth-order valence-corrected chi connectivity index (χ4v) is 5.13. The number of rotatable bonds is 12. The Morgan fingerprint density at radius 2 is 1.86 bits per heavy atom. The van der Waals surface area contributed by atoms with Crippen LogP contribution >= 0.6 is 0 Å². The molecule has 0 saturated carbocycles. The highest BCUT2D eigenvalue weighted by atomic mass is 16.6. The predicted molar refractivity (Wildman–Crippen MR) is 156 cm³/mol. The van der Waals surface area contributed by atoms with E-state index >= 15 is 0 Å². The molecule has 222 valence electrons. The van der Waals surface area contributed by atoms with Gasteiger partial charge in [-0.1, -0.05) is 19.9 Å². The van der Waals surface area contributed by atoms with Gasteiger partial charge in [0, 0.05) is 31.0 Å². The number of aromatic nitrogens is 2. The molecule has 1 aromatic heterocycles. The normalized spacial score (nSPS) is 17.6. The Kier molecular flexibility index (Phi) is 9.00. The van der Waals surface area contributed by atoms with Gasteiger partial charge in [-0.3, -0.25) is 9.59 Å². The van der Waals surface area contributed by atoms with E-state index in [0.29, 0.717) is 86.0 Å². The van der Waals surface area contributed by atoms with Gasteiger partial charge in [-0.25, -0.2) is 4.98 Å². The van der Waals surface area contributed by atoms with Gasteiger partial charge in [-0.15, -0.1) is 0 Å². The van der Waals surface area contributed by atoms with Crippen molar-refractivity contribution in [2.75, 3.05) is 33.0 Å². The zero-order valence-corrected chi connectivity index (χ0v) is 24.2. The minimum Gasteiger partial charge on any atom is -0.507 e. The molecule has 0 radical (unpaired) electrons. The molecule has 3 heterocycles. The monoisotopic (exact) mass is 575 g/mol. The zero-order chi connectivity index (χ0) is 29.6. The number of aliphatic hydroxyl groups is 1. The van der Waals surface area contributed by atoms with Crippen LogP contribution in [-0.4, -0.2) is 64.2 Å². The van der Waals surface area contributed by atoms with Gasteiger partial charge in [0.05, 0.1) is 31.2 Å². The number of Topliss-reactive ketones (excluding diaryl/α,β-unsaturated/α-hetero) is 1. The Bertz CT molecular complexity index is 1450. The lowest BCUT2D eigenvalue weighted by Crippen LogP contribution is -2.31. The van der Waals surface area contributed by atoms with Crippen molar-refractivity contribution in [2.45, 2.75) is 46.2 Å². The molecule has 2 aromatic carbocycles. The number of fused-ring (bicyclic) bond motifs is 1. The van der Waals surface area contributed by atoms with E-state index in [0.717, 1.165) is 6.42 Å². The summed E-state index contributed by atoms with van der Waals surface area (Å²) in [6.45, 7) is 8.81. The second-order valence-electron chi connectivity index (χ2n) is 10.7. The number of imidazole rings is 1. The highest BCUT2D eigenvalue weighted by Crippen LogP contribution is 2.43. The standard InChI is InChI=1S/C32H37N3O7/c1-4-39-26-18-22(6-8-24(26)40-15-10-21(2)3)29-28(30(36)23-7-9-25-27(19-23)42-17-16-41-25)31(37)32(38)35(29)13-5-12-34-14-11-33-20-34/h6-9,11,14,18-21,29,36H,4-5,10,12-13,15-17H2,1-3H3/t29-/m0/s1. The molecule has 1 fully saturated rings. The van der Waals surface area contributed by atoms with E-state index in [2.05, 4.69) is 18.8 Å². The fourth-order valence-electron chi connectivity index (χ4n) is 5.13. The molecule has 10 nitrogen and oxygen atoms in total. The summed E-state index contributed by atoms with van der Waals surface area (Å²) >= 11 is 0. The van der Waals surface area contributed by atoms with E-state index in [-0.39, 0.29) is 11.3 Å². The molecule has 42 heavy (non-hydrogen) atoms. The molecular formula is C32H37N3O7. The number of ether oxygens (including phenoxy) is 4. The third-order valence-electron chi connectivity index (χ3n) is 7.27. The fraction of sp³-hybridized carbons (Fsp3) is 0.406. The molecule has 0 aliphatic carbocycles. The van der Waals surface area contributed by atoms with Crippen molar-refractivity contribution in [3.05, 3.63) is 71.8 Å². The molecule has 1 N–H and O–H groups in total. The molecular weight excluding hydrogens is 538 g/mol. The Morgan fingerprint density at radius 3 is 2.60 bits per heavy atom. The summed E-state index contributed by atoms with van der Waals surface area (Å²) in [5.41, 5.74) is 1.00. The number of carbonyl (C=O) groups is 2. The summed E-state index contributed by atoms with van der Waals surface area (Å²) in [6, 6.07) is 9.57. The average molecular weight is 576 g/mol. The predicted octanol–water partition coefficient (Wildman–Crippen LogP) is 4.99. The molecule has 1 saturated heterocycles. The maximum Gasteiger partial charge on any atom is 0.295 e. The van der Waals surface area contributed by atoms with Crippen molar-refractivity contribution in [1.82, 2.24) is 14.5 Å². The van der Waals surface area contributed by atoms with Crippen molar-refractivity contribution in [1.29, 1.82) is 0 Å². The largest absolute Gasteiger partial charge is 0.507 e. The Balaban J connectivity index is 1.53. The molecule has 0 spiro atoms. The minimum atomic E-state index is -0.829. The molecule has 2 aliphatic heterocycles. The number of hydrogen-bond donors (Lipinski definition) is 1. The van der Waals surface area contributed by atoms with Crippen molar-refractivity contribution >= 4 is 17.4 Å². The summed E-state index contributed by atoms with van der Waals surface area (Å²) in [5.74, 6) is 0.934. The van der Waals surface area contributed by atoms with E-state index in [1.54, 1.807) is 42.9 Å². The van der Waals surface area contributed by atoms with Crippen LogP contribution in [-0.2, 0) is 16.1 Å². The second kappa shape index (κ2) is 13.0. The van der Waals surface area contributed by atoms with E-state index in [1.807, 2.05) is 23.8 Å². The number of carbonyl (C=O) groups excluding carboxylic acids is 2. The van der Waals surface area contributed by atoms with Gasteiger partial charge in [-0.2, -0.15) is 0 Å². The third kappa shape index (κ3) is 6.22. The summed E-state index contributed by atoms with van der Waals surface area (Å²) in [4.78, 5) is 32.6. The second-order valence-corrected chi connectivity index (χ2v) is 10.7. The number of aryl methyl sites for hydroxylation is 1. The van der Waals surface area contributed by atoms with Crippen LogP contribution in [0.1, 0.15) is 50.8 Å². The number of hydrogen-bond acceptors (Lipinski definition) is 8. The zero-order valence-electron chi connectivity index (χ0n) is 24.2. The van der Waals surface area contributed by atoms with Gasteiger partial charge in [-0.05, 0) is 61.6 Å². The van der Waals surface area contributed by atoms with Crippen molar-refractivity contribution in [3.63, 3.8) is 0 Å². The molecule has 2 aliphatic rings. The van der Waals surface area contributed by atoms with Gasteiger partial charge in [0.25, 0.3) is 11.7 Å². The lowest BCUT2D eigenvalue weighted by Gasteiger charge is -2.26. The van der Waals surface area contributed by atoms with E-state index in [1.165, 1.54) is 4.90 Å². The summed E-state index contributed by atoms with van der Waals surface area (Å²) < 4.78 is 25.2. The number of amides is 1. The number of likely N-dealkylation sites (tertiary alicyclic amines) is 1. The van der Waals surface area contributed by atoms with Crippen LogP contribution in [0, 0.1) is 5.92 Å². The summed E-state index contributed by atoms with van der Waals surface area (Å²) in [5, 5.41) is 11.5. The van der Waals surface area contributed by atoms with Gasteiger partial charge in [0.2, 0.25) is 0 Å².